The lowest BCUT2D eigenvalue weighted by atomic mass is 10.00. The molecule has 11 heteroatoms. The molecule has 1 saturated heterocycles. The van der Waals surface area contributed by atoms with Gasteiger partial charge in [0.25, 0.3) is 5.56 Å². The number of halogens is 1. The topological polar surface area (TPSA) is 117 Å². The van der Waals surface area contributed by atoms with E-state index >= 15 is 0 Å². The van der Waals surface area contributed by atoms with E-state index in [0.29, 0.717) is 30.4 Å². The van der Waals surface area contributed by atoms with Crippen LogP contribution < -0.4 is 15.6 Å². The fourth-order valence-corrected chi connectivity index (χ4v) is 4.92. The van der Waals surface area contributed by atoms with Crippen molar-refractivity contribution in [3.63, 3.8) is 0 Å². The summed E-state index contributed by atoms with van der Waals surface area (Å²) in [6, 6.07) is 6.88. The van der Waals surface area contributed by atoms with Gasteiger partial charge in [0.2, 0.25) is 0 Å². The van der Waals surface area contributed by atoms with Crippen LogP contribution in [-0.4, -0.2) is 69.8 Å². The molecular weight excluding hydrogens is 536 g/mol. The maximum Gasteiger partial charge on any atom is 0.326 e. The highest BCUT2D eigenvalue weighted by atomic mass is 35.5. The van der Waals surface area contributed by atoms with Crippen LogP contribution in [0.3, 0.4) is 0 Å². The molecule has 3 heterocycles. The number of hydrogen-bond acceptors (Lipinski definition) is 8. The van der Waals surface area contributed by atoms with E-state index in [2.05, 4.69) is 9.88 Å². The lowest BCUT2D eigenvalue weighted by molar-refractivity contribution is -0.152. The van der Waals surface area contributed by atoms with Crippen molar-refractivity contribution in [2.24, 2.45) is 13.0 Å². The van der Waals surface area contributed by atoms with Gasteiger partial charge in [0, 0.05) is 56.7 Å². The fraction of sp³-hybridized carbons (Fsp3) is 0.552. The Labute approximate surface area is 241 Å². The van der Waals surface area contributed by atoms with Crippen molar-refractivity contribution in [1.29, 1.82) is 0 Å². The number of aryl methyl sites for hydroxylation is 2. The average molecular weight is 577 g/mol. The number of ether oxygens (including phenoxy) is 3. The standard InChI is InChI=1S/C29H40N4O6.ClH/c1-18(2)39-29(36)26(20(4)34)30-10-13-38-23-6-7-24-25(15-23)33(16-21-8-11-37-12-9-21)27(31-24)22-14-19(3)28(35)32(5)17-22;/h6-7,14-15,17-18,20-21,26,30,34H,8-13,16H2,1-5H3;1H. The minimum absolute atomic E-state index is 0. The van der Waals surface area contributed by atoms with Gasteiger partial charge in [-0.25, -0.2) is 4.98 Å². The molecule has 40 heavy (non-hydrogen) atoms. The van der Waals surface area contributed by atoms with Crippen LogP contribution in [0.25, 0.3) is 22.4 Å². The summed E-state index contributed by atoms with van der Waals surface area (Å²) in [5, 5.41) is 13.0. The highest BCUT2D eigenvalue weighted by Crippen LogP contribution is 2.30. The maximum atomic E-state index is 12.3. The van der Waals surface area contributed by atoms with Crippen molar-refractivity contribution < 1.29 is 24.1 Å². The molecule has 2 aromatic heterocycles. The number of fused-ring (bicyclic) bond motifs is 1. The molecule has 0 saturated carbocycles. The highest BCUT2D eigenvalue weighted by Gasteiger charge is 2.25. The van der Waals surface area contributed by atoms with Gasteiger partial charge in [-0.05, 0) is 64.7 Å². The third-order valence-corrected chi connectivity index (χ3v) is 6.95. The van der Waals surface area contributed by atoms with Crippen LogP contribution >= 0.6 is 12.4 Å². The fourth-order valence-electron chi connectivity index (χ4n) is 4.92. The zero-order valence-corrected chi connectivity index (χ0v) is 24.7. The van der Waals surface area contributed by atoms with E-state index in [1.165, 1.54) is 0 Å². The van der Waals surface area contributed by atoms with E-state index in [4.69, 9.17) is 19.2 Å². The van der Waals surface area contributed by atoms with Crippen molar-refractivity contribution in [2.75, 3.05) is 26.4 Å². The number of aliphatic hydroxyl groups is 1. The molecule has 2 unspecified atom stereocenters. The van der Waals surface area contributed by atoms with Gasteiger partial charge in [-0.2, -0.15) is 0 Å². The Morgan fingerprint density at radius 3 is 2.60 bits per heavy atom. The molecule has 3 aromatic rings. The first kappa shape index (κ1) is 31.6. The molecule has 0 radical (unpaired) electrons. The molecule has 2 N–H and O–H groups in total. The van der Waals surface area contributed by atoms with E-state index in [-0.39, 0.29) is 24.1 Å². The Hall–Kier alpha value is -2.92. The first-order valence-electron chi connectivity index (χ1n) is 13.6. The quantitative estimate of drug-likeness (QED) is 0.264. The summed E-state index contributed by atoms with van der Waals surface area (Å²) in [4.78, 5) is 29.5. The number of nitrogens with one attached hydrogen (secondary N) is 1. The highest BCUT2D eigenvalue weighted by molar-refractivity contribution is 5.85. The number of rotatable bonds is 11. The van der Waals surface area contributed by atoms with Crippen LogP contribution in [0.4, 0.5) is 0 Å². The average Bonchev–Trinajstić information content (AvgIpc) is 3.24. The summed E-state index contributed by atoms with van der Waals surface area (Å²) in [6.45, 7) is 9.86. The van der Waals surface area contributed by atoms with Gasteiger partial charge in [0.1, 0.15) is 24.2 Å². The predicted molar refractivity (Wildman–Crippen MR) is 156 cm³/mol. The molecule has 10 nitrogen and oxygen atoms in total. The Morgan fingerprint density at radius 1 is 1.23 bits per heavy atom. The number of carbonyl (C=O) groups excluding carboxylic acids is 1. The van der Waals surface area contributed by atoms with E-state index < -0.39 is 18.1 Å². The number of hydrogen-bond donors (Lipinski definition) is 2. The molecule has 1 aliphatic rings. The van der Waals surface area contributed by atoms with Gasteiger partial charge in [0.05, 0.1) is 23.2 Å². The molecule has 220 valence electrons. The van der Waals surface area contributed by atoms with Gasteiger partial charge in [-0.1, -0.05) is 0 Å². The number of benzene rings is 1. The minimum atomic E-state index is -0.897. The minimum Gasteiger partial charge on any atom is -0.492 e. The largest absolute Gasteiger partial charge is 0.492 e. The second kappa shape index (κ2) is 14.1. The molecule has 2 atom stereocenters. The molecule has 0 aliphatic carbocycles. The van der Waals surface area contributed by atoms with Crippen molar-refractivity contribution in [3.8, 4) is 17.1 Å². The summed E-state index contributed by atoms with van der Waals surface area (Å²) < 4.78 is 20.6. The first-order chi connectivity index (χ1) is 18.6. The van der Waals surface area contributed by atoms with Gasteiger partial charge < -0.3 is 28.5 Å². The molecular formula is C29H41ClN4O6. The predicted octanol–water partition coefficient (Wildman–Crippen LogP) is 3.23. The molecule has 1 aliphatic heterocycles. The number of esters is 1. The first-order valence-corrected chi connectivity index (χ1v) is 13.6. The number of imidazole rings is 1. The van der Waals surface area contributed by atoms with Crippen molar-refractivity contribution in [1.82, 2.24) is 19.4 Å². The number of aliphatic hydroxyl groups excluding tert-OH is 1. The summed E-state index contributed by atoms with van der Waals surface area (Å²) in [6.07, 6.45) is 2.65. The number of nitrogens with zero attached hydrogens (tertiary/aromatic N) is 3. The zero-order valence-electron chi connectivity index (χ0n) is 23.9. The third kappa shape index (κ3) is 7.63. The van der Waals surface area contributed by atoms with E-state index in [1.54, 1.807) is 32.4 Å². The molecule has 0 amide bonds. The SMILES string of the molecule is Cc1cc(-c2nc3ccc(OCCNC(C(=O)OC(C)C)C(C)O)cc3n2CC2CCOCC2)cn(C)c1=O.Cl. The van der Waals surface area contributed by atoms with Crippen LogP contribution in [0.2, 0.25) is 0 Å². The van der Waals surface area contributed by atoms with Gasteiger partial charge in [-0.3, -0.25) is 14.9 Å². The third-order valence-electron chi connectivity index (χ3n) is 6.95. The Bertz CT molecular complexity index is 1320. The number of aromatic nitrogens is 3. The molecule has 1 aromatic carbocycles. The second-order valence-electron chi connectivity index (χ2n) is 10.6. The van der Waals surface area contributed by atoms with Crippen molar-refractivity contribution in [2.45, 2.75) is 65.3 Å². The summed E-state index contributed by atoms with van der Waals surface area (Å²) in [5.41, 5.74) is 3.34. The van der Waals surface area contributed by atoms with Crippen molar-refractivity contribution in [3.05, 3.63) is 46.4 Å². The molecule has 1 fully saturated rings. The number of pyridine rings is 1. The maximum absolute atomic E-state index is 12.3. The Kier molecular flexibility index (Phi) is 11.2. The number of carbonyl (C=O) groups is 1. The summed E-state index contributed by atoms with van der Waals surface area (Å²) in [7, 11) is 1.76. The van der Waals surface area contributed by atoms with Crippen LogP contribution in [0, 0.1) is 12.8 Å². The molecule has 0 spiro atoms. The van der Waals surface area contributed by atoms with Crippen LogP contribution in [0.5, 0.6) is 5.75 Å². The monoisotopic (exact) mass is 576 g/mol. The molecule has 4 rings (SSSR count). The molecule has 0 bridgehead atoms. The van der Waals surface area contributed by atoms with Gasteiger partial charge in [-0.15, -0.1) is 12.4 Å². The van der Waals surface area contributed by atoms with Crippen LogP contribution in [-0.2, 0) is 27.9 Å². The van der Waals surface area contributed by atoms with Crippen LogP contribution in [0.15, 0.2) is 35.3 Å². The van der Waals surface area contributed by atoms with E-state index in [0.717, 1.165) is 55.0 Å². The smallest absolute Gasteiger partial charge is 0.326 e. The zero-order chi connectivity index (χ0) is 28.1. The normalized spacial score (nSPS) is 15.6. The lowest BCUT2D eigenvalue weighted by Gasteiger charge is -2.24. The van der Waals surface area contributed by atoms with Gasteiger partial charge in [0.15, 0.2) is 0 Å². The van der Waals surface area contributed by atoms with E-state index in [9.17, 15) is 14.7 Å². The summed E-state index contributed by atoms with van der Waals surface area (Å²) >= 11 is 0. The lowest BCUT2D eigenvalue weighted by Crippen LogP contribution is -2.47. The summed E-state index contributed by atoms with van der Waals surface area (Å²) in [5.74, 6) is 1.47. The second-order valence-corrected chi connectivity index (χ2v) is 10.6. The van der Waals surface area contributed by atoms with Crippen molar-refractivity contribution >= 4 is 29.4 Å². The Balaban J connectivity index is 0.00000441. The van der Waals surface area contributed by atoms with Crippen LogP contribution in [0.1, 0.15) is 39.2 Å². The van der Waals surface area contributed by atoms with Gasteiger partial charge >= 0.3 is 5.97 Å². The Morgan fingerprint density at radius 2 is 1.95 bits per heavy atom. The van der Waals surface area contributed by atoms with E-state index in [1.807, 2.05) is 37.4 Å².